The molecule has 9 nitrogen and oxygen atoms in total. The number of aliphatic hydroxyl groups excluding tert-OH is 2. The average molecular weight is 720 g/mol. The maximum absolute atomic E-state index is 10.1. The van der Waals surface area contributed by atoms with Crippen LogP contribution in [0.2, 0.25) is 5.02 Å². The van der Waals surface area contributed by atoms with E-state index in [2.05, 4.69) is 20.9 Å². The van der Waals surface area contributed by atoms with Crippen LogP contribution in [0.1, 0.15) is 48.4 Å². The van der Waals surface area contributed by atoms with Gasteiger partial charge in [0, 0.05) is 75.5 Å². The molecule has 2 aliphatic heterocycles. The van der Waals surface area contributed by atoms with Crippen molar-refractivity contribution in [3.05, 3.63) is 106 Å². The fraction of sp³-hybridized carbons (Fsp3) is 0.436. The van der Waals surface area contributed by atoms with Crippen molar-refractivity contribution in [2.24, 2.45) is 0 Å². The molecule has 3 aliphatic rings. The number of allylic oxidation sites excluding steroid dienone is 2. The molecule has 50 heavy (non-hydrogen) atoms. The van der Waals surface area contributed by atoms with E-state index in [1.807, 2.05) is 61.5 Å². The van der Waals surface area contributed by atoms with Gasteiger partial charge in [0.05, 0.1) is 22.8 Å². The number of ether oxygens (including phenoxy) is 3. The largest absolute Gasteiger partial charge is 0.488 e. The van der Waals surface area contributed by atoms with Gasteiger partial charge in [-0.3, -0.25) is 9.88 Å². The van der Waals surface area contributed by atoms with Crippen LogP contribution in [-0.4, -0.2) is 93.6 Å². The predicted octanol–water partition coefficient (Wildman–Crippen LogP) is 5.99. The highest BCUT2D eigenvalue weighted by Gasteiger charge is 2.51. The van der Waals surface area contributed by atoms with E-state index in [1.54, 1.807) is 18.3 Å². The average Bonchev–Trinajstić information content (AvgIpc) is 3.73. The topological polar surface area (TPSA) is 111 Å². The summed E-state index contributed by atoms with van der Waals surface area (Å²) >= 11 is 14.5. The normalized spacial score (nSPS) is 25.4. The molecular formula is C39H44Cl2N4O5. The summed E-state index contributed by atoms with van der Waals surface area (Å²) < 4.78 is 19.7. The number of pyridine rings is 1. The Morgan fingerprint density at radius 3 is 2.48 bits per heavy atom. The molecule has 0 spiro atoms. The zero-order valence-electron chi connectivity index (χ0n) is 28.3. The Balaban J connectivity index is 1.25. The van der Waals surface area contributed by atoms with Crippen molar-refractivity contribution in [2.45, 2.75) is 62.0 Å². The molecule has 2 N–H and O–H groups in total. The molecule has 6 rings (SSSR count). The summed E-state index contributed by atoms with van der Waals surface area (Å²) in [5.41, 5.74) is 2.91. The predicted molar refractivity (Wildman–Crippen MR) is 194 cm³/mol. The Morgan fingerprint density at radius 2 is 1.76 bits per heavy atom. The molecule has 0 radical (unpaired) electrons. The Morgan fingerprint density at radius 1 is 1.00 bits per heavy atom. The molecule has 3 aromatic rings. The van der Waals surface area contributed by atoms with Crippen LogP contribution in [0.4, 0.5) is 0 Å². The minimum absolute atomic E-state index is 0.0705. The number of likely N-dealkylation sites (tertiary alicyclic amines) is 2. The van der Waals surface area contributed by atoms with Gasteiger partial charge in [0.15, 0.2) is 0 Å². The second-order valence-corrected chi connectivity index (χ2v) is 14.6. The van der Waals surface area contributed by atoms with Gasteiger partial charge in [0.2, 0.25) is 0 Å². The van der Waals surface area contributed by atoms with E-state index in [1.165, 1.54) is 6.20 Å². The van der Waals surface area contributed by atoms with Crippen LogP contribution in [0.15, 0.2) is 79.2 Å². The Hall–Kier alpha value is -3.46. The Labute approximate surface area is 304 Å². The number of β-amino-alcohol motifs (C(OH)–C–C–N with tert-alkyl or cyclic N) is 2. The van der Waals surface area contributed by atoms with Crippen LogP contribution in [0, 0.1) is 11.3 Å². The van der Waals surface area contributed by atoms with Gasteiger partial charge in [0.25, 0.3) is 0 Å². The van der Waals surface area contributed by atoms with Crippen LogP contribution >= 0.6 is 23.2 Å². The molecule has 0 bridgehead atoms. The van der Waals surface area contributed by atoms with Crippen molar-refractivity contribution in [3.8, 4) is 17.6 Å². The van der Waals surface area contributed by atoms with E-state index in [4.69, 9.17) is 37.4 Å². The standard InChI is InChI=1S/C39H44Cl2N4O5/c1-38(41)34(30-7-3-2-4-8-30)9-5-12-39(38,50-16-6-13-44-14-10-32(46)24-44)27-49-37-19-36(48-26-29-17-28(20-42)21-43-22-29)31(18-35(37)40)23-45-15-11-33(47)25-45/h2-5,7-9,12,17-19,21-22,32-33,46-47H,6,10-11,13-16,23-27H2,1H3/t32-,33-,38?,39?/m1/s1. The number of halogens is 2. The van der Waals surface area contributed by atoms with Crippen LogP contribution < -0.4 is 9.47 Å². The molecule has 264 valence electrons. The van der Waals surface area contributed by atoms with E-state index in [0.717, 1.165) is 54.7 Å². The van der Waals surface area contributed by atoms with Gasteiger partial charge in [-0.15, -0.1) is 11.6 Å². The quantitative estimate of drug-likeness (QED) is 0.153. The summed E-state index contributed by atoms with van der Waals surface area (Å²) in [6, 6.07) is 17.5. The molecule has 3 heterocycles. The molecule has 2 aromatic carbocycles. The van der Waals surface area contributed by atoms with Crippen molar-refractivity contribution in [3.63, 3.8) is 0 Å². The lowest BCUT2D eigenvalue weighted by Crippen LogP contribution is -2.55. The molecule has 0 amide bonds. The summed E-state index contributed by atoms with van der Waals surface area (Å²) in [7, 11) is 0. The first-order valence-corrected chi connectivity index (χ1v) is 17.9. The number of benzene rings is 2. The van der Waals surface area contributed by atoms with E-state index in [0.29, 0.717) is 54.7 Å². The lowest BCUT2D eigenvalue weighted by Gasteiger charge is -2.45. The molecule has 2 fully saturated rings. The van der Waals surface area contributed by atoms with Crippen LogP contribution in [-0.2, 0) is 17.9 Å². The summed E-state index contributed by atoms with van der Waals surface area (Å²) in [4.78, 5) is 7.57. The maximum Gasteiger partial charge on any atom is 0.143 e. The zero-order chi connectivity index (χ0) is 35.1. The van der Waals surface area contributed by atoms with Gasteiger partial charge in [-0.05, 0) is 55.5 Å². The highest BCUT2D eigenvalue weighted by atomic mass is 35.5. The molecule has 4 atom stereocenters. The summed E-state index contributed by atoms with van der Waals surface area (Å²) in [5.74, 6) is 0.995. The van der Waals surface area contributed by atoms with Gasteiger partial charge in [0.1, 0.15) is 41.3 Å². The second-order valence-electron chi connectivity index (χ2n) is 13.5. The number of nitrogens with zero attached hydrogens (tertiary/aromatic N) is 4. The Kier molecular flexibility index (Phi) is 11.8. The van der Waals surface area contributed by atoms with Crippen LogP contribution in [0.3, 0.4) is 0 Å². The zero-order valence-corrected chi connectivity index (χ0v) is 29.8. The second kappa shape index (κ2) is 16.3. The van der Waals surface area contributed by atoms with E-state index in [-0.39, 0.29) is 25.4 Å². The highest BCUT2D eigenvalue weighted by Crippen LogP contribution is 2.48. The first kappa shape index (κ1) is 36.3. The SMILES string of the molecule is CC1(Cl)C(c2ccccc2)=CC=CC1(COc1cc(OCc2cncc(C#N)c2)c(CN2CC[C@@H](O)C2)cc1Cl)OCCCN1CC[C@@H](O)C1. The molecule has 2 saturated heterocycles. The van der Waals surface area contributed by atoms with Crippen molar-refractivity contribution >= 4 is 28.8 Å². The lowest BCUT2D eigenvalue weighted by atomic mass is 9.76. The molecule has 11 heteroatoms. The summed E-state index contributed by atoms with van der Waals surface area (Å²) in [6.07, 6.45) is 10.8. The summed E-state index contributed by atoms with van der Waals surface area (Å²) in [5, 5.41) is 29.9. The molecule has 2 unspecified atom stereocenters. The third-order valence-electron chi connectivity index (χ3n) is 9.76. The number of aliphatic hydroxyl groups is 2. The Bertz CT molecular complexity index is 1730. The fourth-order valence-corrected chi connectivity index (χ4v) is 7.49. The number of nitriles is 1. The molecule has 1 aromatic heterocycles. The van der Waals surface area contributed by atoms with Crippen molar-refractivity contribution in [2.75, 3.05) is 45.9 Å². The van der Waals surface area contributed by atoms with Gasteiger partial charge in [-0.2, -0.15) is 5.26 Å². The number of rotatable bonds is 14. The third-order valence-corrected chi connectivity index (χ3v) is 10.6. The third kappa shape index (κ3) is 8.52. The van der Waals surface area contributed by atoms with Gasteiger partial charge in [-0.1, -0.05) is 54.1 Å². The first-order chi connectivity index (χ1) is 24.2. The van der Waals surface area contributed by atoms with Crippen molar-refractivity contribution in [1.82, 2.24) is 14.8 Å². The fourth-order valence-electron chi connectivity index (χ4n) is 6.91. The summed E-state index contributed by atoms with van der Waals surface area (Å²) in [6.45, 7) is 6.90. The van der Waals surface area contributed by atoms with Gasteiger partial charge in [-0.25, -0.2) is 0 Å². The number of hydrogen-bond acceptors (Lipinski definition) is 9. The molecular weight excluding hydrogens is 675 g/mol. The number of hydrogen-bond donors (Lipinski definition) is 2. The van der Waals surface area contributed by atoms with Gasteiger partial charge >= 0.3 is 0 Å². The minimum atomic E-state index is -1.06. The maximum atomic E-state index is 10.1. The number of alkyl halides is 1. The highest BCUT2D eigenvalue weighted by molar-refractivity contribution is 6.32. The van der Waals surface area contributed by atoms with E-state index < -0.39 is 10.5 Å². The monoisotopic (exact) mass is 718 g/mol. The van der Waals surface area contributed by atoms with Crippen LogP contribution in [0.25, 0.3) is 5.57 Å². The minimum Gasteiger partial charge on any atom is -0.488 e. The van der Waals surface area contributed by atoms with Crippen LogP contribution in [0.5, 0.6) is 11.5 Å². The van der Waals surface area contributed by atoms with Gasteiger partial charge < -0.3 is 29.3 Å². The molecule has 1 aliphatic carbocycles. The van der Waals surface area contributed by atoms with Crippen molar-refractivity contribution < 1.29 is 24.4 Å². The molecule has 0 saturated carbocycles. The van der Waals surface area contributed by atoms with E-state index in [9.17, 15) is 15.5 Å². The smallest absolute Gasteiger partial charge is 0.143 e. The first-order valence-electron chi connectivity index (χ1n) is 17.2. The number of aromatic nitrogens is 1. The van der Waals surface area contributed by atoms with E-state index >= 15 is 0 Å². The lowest BCUT2D eigenvalue weighted by molar-refractivity contribution is -0.0540. The van der Waals surface area contributed by atoms with Crippen molar-refractivity contribution in [1.29, 1.82) is 5.26 Å².